The second-order valence-corrected chi connectivity index (χ2v) is 10.3. The molecule has 2 aromatic carbocycles. The number of nitrogens with one attached hydrogen (secondary N) is 1. The zero-order valence-corrected chi connectivity index (χ0v) is 20.8. The molecule has 3 fully saturated rings. The standard InChI is InChI=1S/C29H37N5O2/c30-18-23(17-25(31)24-10-4-5-11-27(24)35)33-15-12-29(13-16-33,22-8-2-1-3-9-22)28(36)34-14-6-7-21-19-32-20-26(21)34/h1-5,8-11,17-18,21,26,32,35H,6-7,12-16,19-20,30-31H2/b23-18+,25-17-. The first kappa shape index (κ1) is 24.3. The van der Waals surface area contributed by atoms with Gasteiger partial charge in [-0.25, -0.2) is 0 Å². The molecular weight excluding hydrogens is 450 g/mol. The van der Waals surface area contributed by atoms with Crippen LogP contribution in [-0.4, -0.2) is 59.6 Å². The topological polar surface area (TPSA) is 108 Å². The molecule has 7 nitrogen and oxygen atoms in total. The molecule has 0 spiro atoms. The zero-order chi connectivity index (χ0) is 25.1. The lowest BCUT2D eigenvalue weighted by Crippen LogP contribution is -2.58. The van der Waals surface area contributed by atoms with E-state index in [0.717, 1.165) is 37.3 Å². The Kier molecular flexibility index (Phi) is 6.92. The lowest BCUT2D eigenvalue weighted by Gasteiger charge is -2.47. The molecule has 190 valence electrons. The first-order valence-electron chi connectivity index (χ1n) is 13.0. The summed E-state index contributed by atoms with van der Waals surface area (Å²) in [5, 5.41) is 13.7. The van der Waals surface area contributed by atoms with Crippen molar-refractivity contribution in [2.24, 2.45) is 17.4 Å². The molecule has 0 aromatic heterocycles. The first-order valence-corrected chi connectivity index (χ1v) is 13.0. The van der Waals surface area contributed by atoms with Crippen LogP contribution in [-0.2, 0) is 10.2 Å². The van der Waals surface area contributed by atoms with Crippen molar-refractivity contribution in [3.8, 4) is 5.75 Å². The molecule has 36 heavy (non-hydrogen) atoms. The second kappa shape index (κ2) is 10.3. The Labute approximate surface area is 213 Å². The quantitative estimate of drug-likeness (QED) is 0.483. The number of piperidine rings is 2. The van der Waals surface area contributed by atoms with Crippen molar-refractivity contribution in [1.29, 1.82) is 0 Å². The molecule has 5 rings (SSSR count). The monoisotopic (exact) mass is 487 g/mol. The molecule has 0 aliphatic carbocycles. The molecule has 3 aliphatic rings. The SMILES string of the molecule is N/C=C(\C=C(/N)c1ccccc1O)N1CCC(C(=O)N2CCCC3CNCC32)(c2ccccc2)CC1. The number of rotatable bonds is 5. The molecule has 6 N–H and O–H groups in total. The average Bonchev–Trinajstić information content (AvgIpc) is 3.41. The molecule has 1 amide bonds. The summed E-state index contributed by atoms with van der Waals surface area (Å²) < 4.78 is 0. The molecule has 3 aliphatic heterocycles. The Morgan fingerprint density at radius 1 is 1.03 bits per heavy atom. The molecule has 0 saturated carbocycles. The molecule has 2 unspecified atom stereocenters. The Balaban J connectivity index is 1.39. The van der Waals surface area contributed by atoms with Gasteiger partial charge in [0.1, 0.15) is 5.75 Å². The van der Waals surface area contributed by atoms with E-state index in [1.165, 1.54) is 6.42 Å². The van der Waals surface area contributed by atoms with Gasteiger partial charge in [-0.2, -0.15) is 0 Å². The summed E-state index contributed by atoms with van der Waals surface area (Å²) in [6.45, 7) is 4.12. The number of likely N-dealkylation sites (tertiary alicyclic amines) is 2. The van der Waals surface area contributed by atoms with Gasteiger partial charge in [-0.05, 0) is 55.4 Å². The fraction of sp³-hybridized carbons (Fsp3) is 0.414. The fourth-order valence-corrected chi connectivity index (χ4v) is 6.32. The highest BCUT2D eigenvalue weighted by Gasteiger charge is 2.48. The predicted molar refractivity (Wildman–Crippen MR) is 143 cm³/mol. The van der Waals surface area contributed by atoms with Crippen LogP contribution in [0.15, 0.2) is 72.6 Å². The predicted octanol–water partition coefficient (Wildman–Crippen LogP) is 2.74. The Morgan fingerprint density at radius 2 is 1.75 bits per heavy atom. The van der Waals surface area contributed by atoms with Gasteiger partial charge in [0.2, 0.25) is 5.91 Å². The maximum Gasteiger partial charge on any atom is 0.233 e. The molecule has 3 heterocycles. The van der Waals surface area contributed by atoms with E-state index in [4.69, 9.17) is 11.5 Å². The van der Waals surface area contributed by atoms with Crippen LogP contribution in [0.25, 0.3) is 5.70 Å². The van der Waals surface area contributed by atoms with E-state index in [2.05, 4.69) is 27.2 Å². The Morgan fingerprint density at radius 3 is 2.47 bits per heavy atom. The average molecular weight is 488 g/mol. The van der Waals surface area contributed by atoms with Crippen molar-refractivity contribution in [2.45, 2.75) is 37.1 Å². The second-order valence-electron chi connectivity index (χ2n) is 10.3. The number of nitrogens with two attached hydrogens (primary N) is 2. The van der Waals surface area contributed by atoms with E-state index >= 15 is 0 Å². The van der Waals surface area contributed by atoms with Crippen LogP contribution in [0.4, 0.5) is 0 Å². The van der Waals surface area contributed by atoms with Gasteiger partial charge in [0.05, 0.1) is 11.1 Å². The minimum absolute atomic E-state index is 0.135. The van der Waals surface area contributed by atoms with Crippen molar-refractivity contribution in [3.05, 3.63) is 83.7 Å². The van der Waals surface area contributed by atoms with Gasteiger partial charge in [-0.15, -0.1) is 0 Å². The van der Waals surface area contributed by atoms with Crippen molar-refractivity contribution in [2.75, 3.05) is 32.7 Å². The summed E-state index contributed by atoms with van der Waals surface area (Å²) in [5.41, 5.74) is 14.7. The Hall–Kier alpha value is -3.45. The number of allylic oxidation sites excluding steroid dienone is 1. The fourth-order valence-electron chi connectivity index (χ4n) is 6.32. The van der Waals surface area contributed by atoms with E-state index < -0.39 is 5.41 Å². The number of hydrogen-bond donors (Lipinski definition) is 4. The smallest absolute Gasteiger partial charge is 0.233 e. The third kappa shape index (κ3) is 4.44. The summed E-state index contributed by atoms with van der Waals surface area (Å²) in [7, 11) is 0. The highest BCUT2D eigenvalue weighted by atomic mass is 16.3. The third-order valence-corrected chi connectivity index (χ3v) is 8.35. The minimum atomic E-state index is -0.547. The maximum atomic E-state index is 14.3. The lowest BCUT2D eigenvalue weighted by molar-refractivity contribution is -0.143. The van der Waals surface area contributed by atoms with Crippen molar-refractivity contribution >= 4 is 11.6 Å². The lowest BCUT2D eigenvalue weighted by atomic mass is 9.70. The molecular formula is C29H37N5O2. The summed E-state index contributed by atoms with van der Waals surface area (Å²) in [6, 6.07) is 17.6. The normalized spacial score (nSPS) is 24.4. The molecule has 0 radical (unpaired) electrons. The van der Waals surface area contributed by atoms with Crippen LogP contribution in [0.1, 0.15) is 36.8 Å². The summed E-state index contributed by atoms with van der Waals surface area (Å²) >= 11 is 0. The number of hydrogen-bond acceptors (Lipinski definition) is 6. The van der Waals surface area contributed by atoms with Crippen molar-refractivity contribution in [3.63, 3.8) is 0 Å². The van der Waals surface area contributed by atoms with Crippen LogP contribution in [0.5, 0.6) is 5.75 Å². The third-order valence-electron chi connectivity index (χ3n) is 8.35. The largest absolute Gasteiger partial charge is 0.507 e. The van der Waals surface area contributed by atoms with Crippen LogP contribution >= 0.6 is 0 Å². The van der Waals surface area contributed by atoms with Crippen LogP contribution in [0, 0.1) is 5.92 Å². The number of aromatic hydroxyl groups is 1. The van der Waals surface area contributed by atoms with Gasteiger partial charge in [0.15, 0.2) is 0 Å². The van der Waals surface area contributed by atoms with Crippen molar-refractivity contribution < 1.29 is 9.90 Å². The number of nitrogens with zero attached hydrogens (tertiary/aromatic N) is 2. The number of fused-ring (bicyclic) bond motifs is 1. The summed E-state index contributed by atoms with van der Waals surface area (Å²) in [6.07, 6.45) is 7.05. The minimum Gasteiger partial charge on any atom is -0.507 e. The number of phenolic OH excluding ortho intramolecular Hbond substituents is 1. The van der Waals surface area contributed by atoms with Gasteiger partial charge in [-0.3, -0.25) is 4.79 Å². The number of amides is 1. The molecule has 3 saturated heterocycles. The highest BCUT2D eigenvalue weighted by Crippen LogP contribution is 2.41. The van der Waals surface area contributed by atoms with Gasteiger partial charge in [0.25, 0.3) is 0 Å². The van der Waals surface area contributed by atoms with E-state index in [1.54, 1.807) is 24.4 Å². The first-order chi connectivity index (χ1) is 17.5. The van der Waals surface area contributed by atoms with Crippen LogP contribution in [0.3, 0.4) is 0 Å². The number of carbonyl (C=O) groups excluding carboxylic acids is 1. The molecule has 2 atom stereocenters. The number of carbonyl (C=O) groups is 1. The van der Waals surface area contributed by atoms with Gasteiger partial charge in [-0.1, -0.05) is 42.5 Å². The summed E-state index contributed by atoms with van der Waals surface area (Å²) in [5.74, 6) is 0.968. The van der Waals surface area contributed by atoms with Crippen molar-refractivity contribution in [1.82, 2.24) is 15.1 Å². The Bertz CT molecular complexity index is 1140. The number of benzene rings is 2. The van der Waals surface area contributed by atoms with Gasteiger partial charge in [0, 0.05) is 56.2 Å². The maximum absolute atomic E-state index is 14.3. The van der Waals surface area contributed by atoms with Crippen LogP contribution < -0.4 is 16.8 Å². The van der Waals surface area contributed by atoms with E-state index in [-0.39, 0.29) is 11.7 Å². The van der Waals surface area contributed by atoms with E-state index in [1.807, 2.05) is 30.3 Å². The summed E-state index contributed by atoms with van der Waals surface area (Å²) in [4.78, 5) is 18.7. The van der Waals surface area contributed by atoms with Gasteiger partial charge < -0.3 is 31.7 Å². The zero-order valence-electron chi connectivity index (χ0n) is 20.8. The molecule has 2 aromatic rings. The number of para-hydroxylation sites is 1. The molecule has 0 bridgehead atoms. The number of phenols is 1. The highest BCUT2D eigenvalue weighted by molar-refractivity contribution is 5.89. The van der Waals surface area contributed by atoms with Gasteiger partial charge >= 0.3 is 0 Å². The van der Waals surface area contributed by atoms with E-state index in [0.29, 0.717) is 49.2 Å². The van der Waals surface area contributed by atoms with Crippen LogP contribution in [0.2, 0.25) is 0 Å². The molecule has 7 heteroatoms. The van der Waals surface area contributed by atoms with E-state index in [9.17, 15) is 9.90 Å².